The van der Waals surface area contributed by atoms with Gasteiger partial charge in [0.1, 0.15) is 0 Å². The minimum absolute atomic E-state index is 0. The van der Waals surface area contributed by atoms with Crippen molar-refractivity contribution in [2.45, 2.75) is 32.3 Å². The number of benzene rings is 1. The zero-order valence-corrected chi connectivity index (χ0v) is 10.1. The average molecular weight is 292 g/mol. The first-order chi connectivity index (χ1) is 8.49. The Morgan fingerprint density at radius 2 is 1.84 bits per heavy atom. The molecule has 19 heavy (non-hydrogen) atoms. The van der Waals surface area contributed by atoms with Gasteiger partial charge in [0.2, 0.25) is 0 Å². The van der Waals surface area contributed by atoms with Gasteiger partial charge < -0.3 is 15.3 Å². The summed E-state index contributed by atoms with van der Waals surface area (Å²) in [4.78, 5) is 22.1. The molecule has 1 aromatic carbocycles. The Balaban J connectivity index is 0.00000324. The summed E-state index contributed by atoms with van der Waals surface area (Å²) < 4.78 is 0. The average Bonchev–Trinajstić information content (AvgIpc) is 2.34. The fourth-order valence-corrected chi connectivity index (χ4v) is 1.82. The summed E-state index contributed by atoms with van der Waals surface area (Å²) in [6.07, 6.45) is 1.09. The van der Waals surface area contributed by atoms with Gasteiger partial charge in [-0.3, -0.25) is 0 Å². The van der Waals surface area contributed by atoms with Crippen molar-refractivity contribution in [2.24, 2.45) is 0 Å². The fourth-order valence-electron chi connectivity index (χ4n) is 1.82. The Morgan fingerprint density at radius 3 is 2.32 bits per heavy atom. The number of hydrogen-bond donors (Lipinski definition) is 3. The molecule has 0 aromatic heterocycles. The Morgan fingerprint density at radius 1 is 1.21 bits per heavy atom. The molecule has 0 amide bonds. The van der Waals surface area contributed by atoms with E-state index in [4.69, 9.17) is 10.2 Å². The Labute approximate surface area is 154 Å². The normalized spacial score (nSPS) is 11.5. The van der Waals surface area contributed by atoms with Crippen LogP contribution in [-0.2, 0) is 0 Å². The molecule has 0 aliphatic carbocycles. The third kappa shape index (κ3) is 4.98. The van der Waals surface area contributed by atoms with Crippen molar-refractivity contribution in [1.82, 2.24) is 0 Å². The van der Waals surface area contributed by atoms with Gasteiger partial charge in [0.25, 0.3) is 0 Å². The van der Waals surface area contributed by atoms with Gasteiger partial charge in [-0.2, -0.15) is 0 Å². The minimum atomic E-state index is -1.33. The first kappa shape index (κ1) is 18.8. The number of rotatable bonds is 6. The number of carboxylic acids is 2. The molecule has 1 atom stereocenters. The van der Waals surface area contributed by atoms with Crippen molar-refractivity contribution in [2.75, 3.05) is 0 Å². The van der Waals surface area contributed by atoms with Crippen molar-refractivity contribution in [3.63, 3.8) is 0 Å². The Kier molecular flexibility index (Phi) is 8.72. The Hall–Kier alpha value is -0.244. The van der Waals surface area contributed by atoms with Gasteiger partial charge in [0.05, 0.1) is 17.2 Å². The van der Waals surface area contributed by atoms with E-state index in [0.29, 0.717) is 6.42 Å². The second kappa shape index (κ2) is 8.83. The number of hydrogen-bond acceptors (Lipinski definition) is 3. The number of aliphatic hydroxyl groups excluding tert-OH is 1. The number of aliphatic hydroxyl groups is 1. The van der Waals surface area contributed by atoms with Crippen LogP contribution in [0.3, 0.4) is 0 Å². The van der Waals surface area contributed by atoms with E-state index >= 15 is 0 Å². The molecule has 1 unspecified atom stereocenters. The molecule has 100 valence electrons. The summed E-state index contributed by atoms with van der Waals surface area (Å²) in [7, 11) is 0. The van der Waals surface area contributed by atoms with E-state index in [9.17, 15) is 14.7 Å². The standard InChI is InChI=1S/C13H16O5.K.H/c1-2-3-7-10(14)8-5-4-6-9(12(15)16)11(8)13(17)18;;/h4-6,10,14H,2-3,7H2,1H3,(H,15,16)(H,17,18);;. The van der Waals surface area contributed by atoms with E-state index in [1.165, 1.54) is 18.2 Å². The second-order valence-electron chi connectivity index (χ2n) is 4.04. The van der Waals surface area contributed by atoms with Crippen LogP contribution in [0.15, 0.2) is 18.2 Å². The number of carboxylic acid groups (broad SMARTS) is 2. The summed E-state index contributed by atoms with van der Waals surface area (Å²) in [5, 5.41) is 28.0. The van der Waals surface area contributed by atoms with Crippen molar-refractivity contribution < 1.29 is 24.9 Å². The molecule has 0 fully saturated rings. The van der Waals surface area contributed by atoms with Crippen molar-refractivity contribution in [1.29, 1.82) is 0 Å². The molecule has 0 bridgehead atoms. The summed E-state index contributed by atoms with van der Waals surface area (Å²) in [6.45, 7) is 1.96. The van der Waals surface area contributed by atoms with E-state index in [1.54, 1.807) is 0 Å². The van der Waals surface area contributed by atoms with Crippen LogP contribution in [-0.4, -0.2) is 78.6 Å². The van der Waals surface area contributed by atoms with Gasteiger partial charge in [-0.25, -0.2) is 9.59 Å². The number of aromatic carboxylic acids is 2. The molecule has 5 nitrogen and oxygen atoms in total. The first-order valence-corrected chi connectivity index (χ1v) is 5.76. The molecule has 3 N–H and O–H groups in total. The second-order valence-corrected chi connectivity index (χ2v) is 4.04. The number of unbranched alkanes of at least 4 members (excludes halogenated alkanes) is 1. The summed E-state index contributed by atoms with van der Waals surface area (Å²) >= 11 is 0. The first-order valence-electron chi connectivity index (χ1n) is 5.76. The van der Waals surface area contributed by atoms with Gasteiger partial charge in [-0.15, -0.1) is 0 Å². The van der Waals surface area contributed by atoms with E-state index in [2.05, 4.69) is 0 Å². The maximum atomic E-state index is 11.2. The van der Waals surface area contributed by atoms with Gasteiger partial charge in [-0.1, -0.05) is 31.9 Å². The maximum absolute atomic E-state index is 11.2. The summed E-state index contributed by atoms with van der Waals surface area (Å²) in [5.74, 6) is -2.64. The molecule has 0 aliphatic rings. The fraction of sp³-hybridized carbons (Fsp3) is 0.385. The molecule has 0 heterocycles. The van der Waals surface area contributed by atoms with Crippen LogP contribution >= 0.6 is 0 Å². The Bertz CT molecular complexity index is 458. The van der Waals surface area contributed by atoms with Crippen LogP contribution in [0.4, 0.5) is 0 Å². The zero-order valence-electron chi connectivity index (χ0n) is 10.1. The molecule has 0 radical (unpaired) electrons. The SMILES string of the molecule is CCCCC(O)c1cccc(C(=O)O)c1C(=O)O.[KH]. The zero-order chi connectivity index (χ0) is 13.7. The van der Waals surface area contributed by atoms with Crippen molar-refractivity contribution >= 4 is 63.3 Å². The van der Waals surface area contributed by atoms with Gasteiger partial charge in [0, 0.05) is 0 Å². The molecular weight excluding hydrogens is 275 g/mol. The van der Waals surface area contributed by atoms with Crippen molar-refractivity contribution in [3.8, 4) is 0 Å². The van der Waals surface area contributed by atoms with Crippen LogP contribution in [0.5, 0.6) is 0 Å². The molecule has 1 aromatic rings. The quantitative estimate of drug-likeness (QED) is 0.693. The van der Waals surface area contributed by atoms with Crippen LogP contribution in [0.1, 0.15) is 58.6 Å². The predicted molar refractivity (Wildman–Crippen MR) is 72.0 cm³/mol. The summed E-state index contributed by atoms with van der Waals surface area (Å²) in [6, 6.07) is 4.12. The molecular formula is C13H17KO5. The molecule has 1 rings (SSSR count). The van der Waals surface area contributed by atoms with Gasteiger partial charge in [-0.05, 0) is 18.1 Å². The van der Waals surface area contributed by atoms with E-state index < -0.39 is 18.0 Å². The van der Waals surface area contributed by atoms with Crippen LogP contribution in [0.2, 0.25) is 0 Å². The van der Waals surface area contributed by atoms with Crippen molar-refractivity contribution in [3.05, 3.63) is 34.9 Å². The van der Waals surface area contributed by atoms with Gasteiger partial charge in [0.15, 0.2) is 0 Å². The summed E-state index contributed by atoms with van der Waals surface area (Å²) in [5.41, 5.74) is -0.458. The van der Waals surface area contributed by atoms with Crippen LogP contribution in [0.25, 0.3) is 0 Å². The van der Waals surface area contributed by atoms with E-state index in [-0.39, 0.29) is 68.1 Å². The molecule has 0 spiro atoms. The topological polar surface area (TPSA) is 94.8 Å². The molecule has 6 heteroatoms. The van der Waals surface area contributed by atoms with E-state index in [1.807, 2.05) is 6.92 Å². The van der Waals surface area contributed by atoms with Gasteiger partial charge >= 0.3 is 63.3 Å². The van der Waals surface area contributed by atoms with E-state index in [0.717, 1.165) is 12.8 Å². The molecule has 0 saturated carbocycles. The predicted octanol–water partition coefficient (Wildman–Crippen LogP) is 1.66. The van der Waals surface area contributed by atoms with Crippen LogP contribution < -0.4 is 0 Å². The molecule has 0 saturated heterocycles. The third-order valence-corrected chi connectivity index (χ3v) is 2.73. The van der Waals surface area contributed by atoms with Crippen LogP contribution in [0, 0.1) is 0 Å². The molecule has 0 aliphatic heterocycles. The number of carbonyl (C=O) groups is 2. The third-order valence-electron chi connectivity index (χ3n) is 2.73. The monoisotopic (exact) mass is 292 g/mol.